The van der Waals surface area contributed by atoms with Crippen LogP contribution in [0.25, 0.3) is 0 Å². The van der Waals surface area contributed by atoms with Gasteiger partial charge >= 0.3 is 0 Å². The Morgan fingerprint density at radius 2 is 0.188 bits per heavy atom. The summed E-state index contributed by atoms with van der Waals surface area (Å²) in [6, 6.07) is 0. The summed E-state index contributed by atoms with van der Waals surface area (Å²) in [5.74, 6) is 0.214. The summed E-state index contributed by atoms with van der Waals surface area (Å²) in [5, 5.41) is 46.6. The predicted octanol–water partition coefficient (Wildman–Crippen LogP) is 11.1. The van der Waals surface area contributed by atoms with Crippen molar-refractivity contribution >= 4 is 94.5 Å². The molecule has 0 aliphatic heterocycles. The smallest absolute Gasteiger partial charge is 0.219 e. The quantitative estimate of drug-likeness (QED) is 0.0252. The molecule has 0 atom stereocenters. The predicted molar refractivity (Wildman–Crippen MR) is 506 cm³/mol. The van der Waals surface area contributed by atoms with Crippen LogP contribution in [0.3, 0.4) is 0 Å². The van der Waals surface area contributed by atoms with Crippen LogP contribution in [0.15, 0.2) is 0 Å². The largest absolute Gasteiger partial charge is 0.356 e. The lowest BCUT2D eigenvalue weighted by Crippen LogP contribution is -2.29. The highest BCUT2D eigenvalue weighted by Gasteiger charge is 2.14. The fourth-order valence-electron chi connectivity index (χ4n) is 14.0. The number of carbonyl (C=O) groups excluding carboxylic acids is 16. The summed E-state index contributed by atoms with van der Waals surface area (Å²) in [6.07, 6.45) is 46.1. The zero-order valence-electron chi connectivity index (χ0n) is 79.7. The van der Waals surface area contributed by atoms with E-state index in [0.29, 0.717) is 252 Å². The monoisotopic (exact) mass is 1810 g/mol. The van der Waals surface area contributed by atoms with Crippen molar-refractivity contribution in [2.45, 2.75) is 412 Å². The Morgan fingerprint density at radius 3 is 0.281 bits per heavy atom. The Hall–Kier alpha value is -8.48. The highest BCUT2D eigenvalue weighted by molar-refractivity contribution is 5.81. The fourth-order valence-corrected chi connectivity index (χ4v) is 14.0. The zero-order valence-corrected chi connectivity index (χ0v) is 79.7. The van der Waals surface area contributed by atoms with Crippen LogP contribution in [0, 0.1) is 0 Å². The molecule has 0 radical (unpaired) electrons. The van der Waals surface area contributed by atoms with E-state index in [9.17, 15) is 76.7 Å². The molecule has 0 unspecified atom stereocenters. The van der Waals surface area contributed by atoms with Crippen molar-refractivity contribution in [3.63, 3.8) is 0 Å². The number of hydrogen-bond donors (Lipinski definition) is 16. The van der Waals surface area contributed by atoms with Crippen molar-refractivity contribution in [2.24, 2.45) is 0 Å². The second-order valence-electron chi connectivity index (χ2n) is 34.2. The Kier molecular flexibility index (Phi) is 85.7. The Bertz CT molecular complexity index is 2870. The molecule has 0 saturated heterocycles. The van der Waals surface area contributed by atoms with E-state index in [2.05, 4.69) is 92.0 Å². The van der Waals surface area contributed by atoms with Crippen molar-refractivity contribution in [1.29, 1.82) is 0 Å². The van der Waals surface area contributed by atoms with Crippen LogP contribution in [0.4, 0.5) is 0 Å². The average Bonchev–Trinajstić information content (AvgIpc) is 1.03. The van der Waals surface area contributed by atoms with Gasteiger partial charge in [-0.2, -0.15) is 0 Å². The molecule has 0 saturated carbocycles. The molecule has 16 N–H and O–H groups in total. The normalized spacial score (nSPS) is 10.9. The molecular weight excluding hydrogens is 1630 g/mol. The van der Waals surface area contributed by atoms with Crippen molar-refractivity contribution < 1.29 is 76.7 Å². The van der Waals surface area contributed by atoms with Gasteiger partial charge in [0, 0.05) is 207 Å². The molecule has 0 bridgehead atoms. The Balaban J connectivity index is 3.54. The number of carbonyl (C=O) groups is 16. The molecule has 32 nitrogen and oxygen atoms in total. The summed E-state index contributed by atoms with van der Waals surface area (Å²) in [4.78, 5) is 194. The van der Waals surface area contributed by atoms with Gasteiger partial charge in [-0.05, 0) is 154 Å². The molecule has 0 aliphatic rings. The van der Waals surface area contributed by atoms with E-state index in [1.807, 2.05) is 6.92 Å². The van der Waals surface area contributed by atoms with E-state index in [1.54, 1.807) is 0 Å². The molecule has 0 fully saturated rings. The van der Waals surface area contributed by atoms with Crippen LogP contribution in [0.1, 0.15) is 412 Å². The summed E-state index contributed by atoms with van der Waals surface area (Å²) >= 11 is 0. The third-order valence-electron chi connectivity index (χ3n) is 21.9. The molecule has 128 heavy (non-hydrogen) atoms. The number of unbranched alkanes of at least 4 members (excludes halogenated alkanes) is 29. The lowest BCUT2D eigenvalue weighted by atomic mass is 10.1. The molecule has 0 aromatic heterocycles. The summed E-state index contributed by atoms with van der Waals surface area (Å²) in [7, 11) is 0. The van der Waals surface area contributed by atoms with Gasteiger partial charge in [0.1, 0.15) is 0 Å². The molecule has 0 heterocycles. The molecule has 738 valence electrons. The maximum Gasteiger partial charge on any atom is 0.219 e. The minimum absolute atomic E-state index is 0.000624. The van der Waals surface area contributed by atoms with Crippen molar-refractivity contribution in [2.75, 3.05) is 105 Å². The van der Waals surface area contributed by atoms with Crippen molar-refractivity contribution in [3.05, 3.63) is 0 Å². The minimum atomic E-state index is -0.00319. The van der Waals surface area contributed by atoms with Gasteiger partial charge in [0.2, 0.25) is 94.5 Å². The Morgan fingerprint density at radius 1 is 0.102 bits per heavy atom. The number of rotatable bonds is 93. The van der Waals surface area contributed by atoms with Crippen molar-refractivity contribution in [3.8, 4) is 0 Å². The second-order valence-corrected chi connectivity index (χ2v) is 34.2. The van der Waals surface area contributed by atoms with E-state index in [-0.39, 0.29) is 94.5 Å². The molecule has 0 aromatic rings. The van der Waals surface area contributed by atoms with E-state index >= 15 is 0 Å². The first-order valence-electron chi connectivity index (χ1n) is 50.5. The first-order valence-corrected chi connectivity index (χ1v) is 50.5. The second kappa shape index (κ2) is 91.8. The van der Waals surface area contributed by atoms with Gasteiger partial charge in [-0.1, -0.05) is 155 Å². The van der Waals surface area contributed by atoms with Crippen LogP contribution in [0.5, 0.6) is 0 Å². The van der Waals surface area contributed by atoms with Gasteiger partial charge in [0.05, 0.1) is 0 Å². The summed E-state index contributed by atoms with van der Waals surface area (Å²) < 4.78 is 0. The van der Waals surface area contributed by atoms with Gasteiger partial charge in [-0.25, -0.2) is 0 Å². The van der Waals surface area contributed by atoms with Crippen LogP contribution in [0.2, 0.25) is 0 Å². The van der Waals surface area contributed by atoms with Gasteiger partial charge in [-0.3, -0.25) is 76.7 Å². The van der Waals surface area contributed by atoms with E-state index in [0.717, 1.165) is 250 Å². The number of hydrogen-bond acceptors (Lipinski definition) is 16. The van der Waals surface area contributed by atoms with Crippen LogP contribution < -0.4 is 85.1 Å². The van der Waals surface area contributed by atoms with Crippen molar-refractivity contribution in [1.82, 2.24) is 85.1 Å². The molecule has 0 aromatic carbocycles. The van der Waals surface area contributed by atoms with Gasteiger partial charge < -0.3 is 85.1 Å². The van der Waals surface area contributed by atoms with Gasteiger partial charge in [-0.15, -0.1) is 0 Å². The highest BCUT2D eigenvalue weighted by Crippen LogP contribution is 2.15. The van der Waals surface area contributed by atoms with Crippen LogP contribution >= 0.6 is 0 Å². The standard InChI is InChI=1S/C96H178N16O16/c1-3-5-50-82(114)98-66-42-68-100-84(116)52-28-14-7-16-30-54-86(118)102-70-44-72-104-88(120)56-32-18-9-20-34-58-90(122)106-74-46-76-108-92(124)60-36-22-11-24-38-62-94(126)110-78-48-80-112-96(128)64-40-26-12-25-39-63-95(127)111-79-47-77-109-93(125)61-37-23-10-21-35-59-91(123)107-75-45-73-105-89(121)57-33-19-8-17-31-55-87(119)103-71-43-69-101-85(117)53-29-15-6-13-27-51-83(115)99-67-41-65-97-81(113)49-4-2/h3-80H2,1-2H3,(H,97,113)(H,98,114)(H,99,115)(H,100,116)(H,101,117)(H,102,118)(H,103,119)(H,104,120)(H,105,121)(H,106,122)(H,107,123)(H,108,124)(H,109,125)(H,110,126)(H,111,127)(H,112,128). The van der Waals surface area contributed by atoms with E-state index < -0.39 is 0 Å². The first kappa shape index (κ1) is 120. The van der Waals surface area contributed by atoms with Crippen LogP contribution in [-0.4, -0.2) is 199 Å². The SMILES string of the molecule is CCCCC(=O)NCCCNC(=O)CCCCCCCC(=O)NCCCNC(=O)CCCCCCCC(=O)NCCCNC(=O)CCCCCCCC(=O)NCCCNC(=O)CCCCCCCC(=O)NCCCNC(=O)CCCCCCCC(=O)NCCCNC(=O)CCCCCCCC(=O)NCCCNC(=O)CCCCCCCC(=O)NCCCNC(=O)CCC. The molecule has 16 amide bonds. The average molecular weight is 1810 g/mol. The summed E-state index contributed by atoms with van der Waals surface area (Å²) in [6.45, 7) is 12.3. The molecule has 0 spiro atoms. The molecule has 32 heteroatoms. The summed E-state index contributed by atoms with van der Waals surface area (Å²) in [5.41, 5.74) is 0. The first-order chi connectivity index (χ1) is 62.2. The van der Waals surface area contributed by atoms with Crippen LogP contribution in [-0.2, 0) is 76.7 Å². The number of amides is 16. The fraction of sp³-hybridized carbons (Fsp3) is 0.833. The minimum Gasteiger partial charge on any atom is -0.356 e. The lowest BCUT2D eigenvalue weighted by molar-refractivity contribution is -0.122. The zero-order chi connectivity index (χ0) is 93.7. The molecular formula is C96H178N16O16. The molecule has 0 aliphatic carbocycles. The van der Waals surface area contributed by atoms with Gasteiger partial charge in [0.15, 0.2) is 0 Å². The van der Waals surface area contributed by atoms with Gasteiger partial charge in [0.25, 0.3) is 0 Å². The third kappa shape index (κ3) is 90.9. The third-order valence-corrected chi connectivity index (χ3v) is 21.9. The molecule has 0 rings (SSSR count). The van der Waals surface area contributed by atoms with E-state index in [1.165, 1.54) is 0 Å². The lowest BCUT2D eigenvalue weighted by Gasteiger charge is -2.08. The topological polar surface area (TPSA) is 466 Å². The maximum absolute atomic E-state index is 12.3. The maximum atomic E-state index is 12.3. The Labute approximate surface area is 769 Å². The highest BCUT2D eigenvalue weighted by atomic mass is 16.2. The number of nitrogens with one attached hydrogen (secondary N) is 16. The van der Waals surface area contributed by atoms with E-state index in [4.69, 9.17) is 0 Å².